The molecule has 6 heteroatoms. The van der Waals surface area contributed by atoms with E-state index in [4.69, 9.17) is 4.42 Å². The van der Waals surface area contributed by atoms with Crippen LogP contribution >= 0.6 is 0 Å². The summed E-state index contributed by atoms with van der Waals surface area (Å²) >= 11 is 0. The van der Waals surface area contributed by atoms with Gasteiger partial charge in [-0.1, -0.05) is 6.07 Å². The fraction of sp³-hybridized carbons (Fsp3) is 0.231. The average Bonchev–Trinajstić information content (AvgIpc) is 2.75. The van der Waals surface area contributed by atoms with Gasteiger partial charge < -0.3 is 9.73 Å². The summed E-state index contributed by atoms with van der Waals surface area (Å²) in [5, 5.41) is 13.5. The second-order valence-electron chi connectivity index (χ2n) is 4.16. The van der Waals surface area contributed by atoms with Crippen LogP contribution in [0.2, 0.25) is 0 Å². The highest BCUT2D eigenvalue weighted by molar-refractivity contribution is 5.34. The number of furan rings is 1. The van der Waals surface area contributed by atoms with E-state index < -0.39 is 16.4 Å². The Morgan fingerprint density at radius 1 is 1.32 bits per heavy atom. The summed E-state index contributed by atoms with van der Waals surface area (Å²) in [5.41, 5.74) is 0.136. The molecular formula is C13H13FN2O3. The molecule has 2 rings (SSSR count). The standard InChI is InChI=1S/C13H13FN2O3/c1-9-2-4-11(19-9)8-15-7-10-3-5-13(16(17)18)12(14)6-10/h2-6,15H,7-8H2,1H3. The molecule has 1 aromatic heterocycles. The molecule has 2 aromatic rings. The van der Waals surface area contributed by atoms with Gasteiger partial charge in [-0.25, -0.2) is 0 Å². The Kier molecular flexibility index (Phi) is 3.91. The first-order chi connectivity index (χ1) is 9.06. The van der Waals surface area contributed by atoms with Gasteiger partial charge in [0.15, 0.2) is 0 Å². The van der Waals surface area contributed by atoms with E-state index in [-0.39, 0.29) is 0 Å². The maximum atomic E-state index is 13.4. The number of hydrogen-bond acceptors (Lipinski definition) is 4. The molecule has 0 saturated carbocycles. The van der Waals surface area contributed by atoms with Gasteiger partial charge in [-0.2, -0.15) is 4.39 Å². The summed E-state index contributed by atoms with van der Waals surface area (Å²) in [5.74, 6) is 0.802. The molecule has 0 radical (unpaired) electrons. The Labute approximate surface area is 109 Å². The van der Waals surface area contributed by atoms with Gasteiger partial charge >= 0.3 is 5.69 Å². The lowest BCUT2D eigenvalue weighted by atomic mass is 10.2. The van der Waals surface area contributed by atoms with Crippen molar-refractivity contribution < 1.29 is 13.7 Å². The Morgan fingerprint density at radius 3 is 2.68 bits per heavy atom. The maximum absolute atomic E-state index is 13.4. The van der Waals surface area contributed by atoms with Crippen LogP contribution in [0.25, 0.3) is 0 Å². The predicted molar refractivity (Wildman–Crippen MR) is 67.0 cm³/mol. The minimum atomic E-state index is -0.821. The van der Waals surface area contributed by atoms with Crippen LogP contribution in [0.3, 0.4) is 0 Å². The van der Waals surface area contributed by atoms with E-state index >= 15 is 0 Å². The fourth-order valence-corrected chi connectivity index (χ4v) is 1.72. The van der Waals surface area contributed by atoms with E-state index in [0.717, 1.165) is 11.5 Å². The van der Waals surface area contributed by atoms with Crippen molar-refractivity contribution in [3.63, 3.8) is 0 Å². The number of halogens is 1. The summed E-state index contributed by atoms with van der Waals surface area (Å²) in [6.45, 7) is 2.79. The zero-order valence-electron chi connectivity index (χ0n) is 10.4. The Morgan fingerprint density at radius 2 is 2.11 bits per heavy atom. The van der Waals surface area contributed by atoms with Crippen LogP contribution in [0.5, 0.6) is 0 Å². The van der Waals surface area contributed by atoms with E-state index in [2.05, 4.69) is 5.32 Å². The minimum Gasteiger partial charge on any atom is -0.465 e. The Hall–Kier alpha value is -2.21. The van der Waals surface area contributed by atoms with Gasteiger partial charge in [0.05, 0.1) is 11.5 Å². The number of nitro groups is 1. The number of benzene rings is 1. The van der Waals surface area contributed by atoms with E-state index in [0.29, 0.717) is 18.7 Å². The molecule has 0 aliphatic rings. The lowest BCUT2D eigenvalue weighted by molar-refractivity contribution is -0.387. The number of nitrogens with zero attached hydrogens (tertiary/aromatic N) is 1. The molecule has 0 aliphatic carbocycles. The zero-order valence-corrected chi connectivity index (χ0v) is 10.4. The third kappa shape index (κ3) is 3.38. The first kappa shape index (κ1) is 13.2. The fourth-order valence-electron chi connectivity index (χ4n) is 1.72. The second kappa shape index (κ2) is 5.62. The summed E-state index contributed by atoms with van der Waals surface area (Å²) < 4.78 is 18.7. The van der Waals surface area contributed by atoms with Crippen molar-refractivity contribution >= 4 is 5.69 Å². The lowest BCUT2D eigenvalue weighted by Gasteiger charge is -2.03. The van der Waals surface area contributed by atoms with Crippen molar-refractivity contribution in [2.45, 2.75) is 20.0 Å². The van der Waals surface area contributed by atoms with Gasteiger partial charge in [0.1, 0.15) is 11.5 Å². The lowest BCUT2D eigenvalue weighted by Crippen LogP contribution is -2.12. The number of hydrogen-bond donors (Lipinski definition) is 1. The molecule has 0 spiro atoms. The molecule has 100 valence electrons. The molecule has 0 atom stereocenters. The molecule has 0 bridgehead atoms. The molecular weight excluding hydrogens is 251 g/mol. The van der Waals surface area contributed by atoms with Crippen molar-refractivity contribution in [2.24, 2.45) is 0 Å². The maximum Gasteiger partial charge on any atom is 0.304 e. The molecule has 0 unspecified atom stereocenters. The van der Waals surface area contributed by atoms with E-state index in [1.165, 1.54) is 18.2 Å². The minimum absolute atomic E-state index is 0.411. The Bertz CT molecular complexity index is 595. The van der Waals surface area contributed by atoms with Crippen LogP contribution in [0.15, 0.2) is 34.7 Å². The molecule has 19 heavy (non-hydrogen) atoms. The largest absolute Gasteiger partial charge is 0.465 e. The first-order valence-electron chi connectivity index (χ1n) is 5.75. The van der Waals surface area contributed by atoms with Crippen LogP contribution < -0.4 is 5.32 Å². The summed E-state index contributed by atoms with van der Waals surface area (Å²) in [6, 6.07) is 7.59. The molecule has 0 saturated heterocycles. The van der Waals surface area contributed by atoms with Crippen LogP contribution in [0.4, 0.5) is 10.1 Å². The van der Waals surface area contributed by atoms with Crippen LogP contribution in [-0.2, 0) is 13.1 Å². The topological polar surface area (TPSA) is 68.3 Å². The van der Waals surface area contributed by atoms with Crippen LogP contribution in [0.1, 0.15) is 17.1 Å². The molecule has 1 aromatic carbocycles. The van der Waals surface area contributed by atoms with Crippen molar-refractivity contribution in [1.82, 2.24) is 5.32 Å². The van der Waals surface area contributed by atoms with Gasteiger partial charge in [0.2, 0.25) is 5.82 Å². The third-order valence-electron chi connectivity index (χ3n) is 2.63. The number of rotatable bonds is 5. The third-order valence-corrected chi connectivity index (χ3v) is 2.63. The van der Waals surface area contributed by atoms with Crippen molar-refractivity contribution in [3.05, 3.63) is 63.3 Å². The van der Waals surface area contributed by atoms with E-state index in [1.807, 2.05) is 19.1 Å². The first-order valence-corrected chi connectivity index (χ1v) is 5.75. The molecule has 1 N–H and O–H groups in total. The quantitative estimate of drug-likeness (QED) is 0.666. The van der Waals surface area contributed by atoms with Gasteiger partial charge in [-0.3, -0.25) is 10.1 Å². The Balaban J connectivity index is 1.93. The van der Waals surface area contributed by atoms with Crippen LogP contribution in [-0.4, -0.2) is 4.92 Å². The summed E-state index contributed by atoms with van der Waals surface area (Å²) in [7, 11) is 0. The van der Waals surface area contributed by atoms with Crippen LogP contribution in [0, 0.1) is 22.9 Å². The van der Waals surface area contributed by atoms with Gasteiger partial charge in [0, 0.05) is 12.6 Å². The van der Waals surface area contributed by atoms with Crippen molar-refractivity contribution in [3.8, 4) is 0 Å². The van der Waals surface area contributed by atoms with Gasteiger partial charge in [0.25, 0.3) is 0 Å². The molecule has 0 amide bonds. The molecule has 0 aliphatic heterocycles. The molecule has 0 fully saturated rings. The monoisotopic (exact) mass is 264 g/mol. The second-order valence-corrected chi connectivity index (χ2v) is 4.16. The van der Waals surface area contributed by atoms with Gasteiger partial charge in [-0.05, 0) is 30.7 Å². The van der Waals surface area contributed by atoms with Crippen molar-refractivity contribution in [1.29, 1.82) is 0 Å². The highest BCUT2D eigenvalue weighted by atomic mass is 19.1. The smallest absolute Gasteiger partial charge is 0.304 e. The van der Waals surface area contributed by atoms with E-state index in [1.54, 1.807) is 0 Å². The highest BCUT2D eigenvalue weighted by Gasteiger charge is 2.13. The zero-order chi connectivity index (χ0) is 13.8. The summed E-state index contributed by atoms with van der Waals surface area (Å²) in [4.78, 5) is 9.73. The SMILES string of the molecule is Cc1ccc(CNCc2ccc([N+](=O)[O-])c(F)c2)o1. The molecule has 5 nitrogen and oxygen atoms in total. The highest BCUT2D eigenvalue weighted by Crippen LogP contribution is 2.18. The average molecular weight is 264 g/mol. The number of nitro benzene ring substituents is 1. The molecule has 1 heterocycles. The number of aryl methyl sites for hydroxylation is 1. The normalized spacial score (nSPS) is 10.6. The number of nitrogens with one attached hydrogen (secondary N) is 1. The van der Waals surface area contributed by atoms with Crippen molar-refractivity contribution in [2.75, 3.05) is 0 Å². The summed E-state index contributed by atoms with van der Waals surface area (Å²) in [6.07, 6.45) is 0. The van der Waals surface area contributed by atoms with E-state index in [9.17, 15) is 14.5 Å². The predicted octanol–water partition coefficient (Wildman–Crippen LogP) is 2.93. The van der Waals surface area contributed by atoms with Gasteiger partial charge in [-0.15, -0.1) is 0 Å².